The Hall–Kier alpha value is -0.470. The van der Waals surface area contributed by atoms with Gasteiger partial charge < -0.3 is 5.11 Å². The zero-order chi connectivity index (χ0) is 12.1. The quantitative estimate of drug-likeness (QED) is 0.879. The first-order valence-corrected chi connectivity index (χ1v) is 7.35. The van der Waals surface area contributed by atoms with Gasteiger partial charge in [0.1, 0.15) is 0 Å². The highest BCUT2D eigenvalue weighted by atomic mass is 32.2. The summed E-state index contributed by atoms with van der Waals surface area (Å²) in [5.41, 5.74) is -0.261. The third kappa shape index (κ3) is 1.82. The second-order valence-electron chi connectivity index (χ2n) is 6.12. The smallest absolute Gasteiger partial charge is 0.0737 e. The summed E-state index contributed by atoms with van der Waals surface area (Å²) in [6, 6.07) is 10.5. The van der Waals surface area contributed by atoms with Crippen LogP contribution in [0.15, 0.2) is 35.2 Å². The highest BCUT2D eigenvalue weighted by Gasteiger charge is 2.63. The third-order valence-corrected chi connectivity index (χ3v) is 6.05. The molecule has 3 atom stereocenters. The van der Waals surface area contributed by atoms with Crippen molar-refractivity contribution in [1.82, 2.24) is 0 Å². The molecule has 1 nitrogen and oxygen atoms in total. The van der Waals surface area contributed by atoms with Crippen molar-refractivity contribution in [2.75, 3.05) is 0 Å². The second kappa shape index (κ2) is 3.76. The molecule has 2 aliphatic carbocycles. The van der Waals surface area contributed by atoms with E-state index in [1.807, 2.05) is 11.8 Å². The van der Waals surface area contributed by atoms with Gasteiger partial charge in [-0.2, -0.15) is 0 Å². The minimum Gasteiger partial charge on any atom is -0.389 e. The Morgan fingerprint density at radius 1 is 1.18 bits per heavy atom. The van der Waals surface area contributed by atoms with Crippen molar-refractivity contribution in [1.29, 1.82) is 0 Å². The Balaban J connectivity index is 1.64. The van der Waals surface area contributed by atoms with Gasteiger partial charge in [0.15, 0.2) is 0 Å². The van der Waals surface area contributed by atoms with E-state index < -0.39 is 0 Å². The lowest BCUT2D eigenvalue weighted by Crippen LogP contribution is -2.56. The third-order valence-electron chi connectivity index (χ3n) is 4.68. The van der Waals surface area contributed by atoms with Crippen LogP contribution in [0.2, 0.25) is 0 Å². The molecule has 2 fully saturated rings. The summed E-state index contributed by atoms with van der Waals surface area (Å²) in [5.74, 6) is 0.511. The van der Waals surface area contributed by atoms with Gasteiger partial charge in [0, 0.05) is 16.1 Å². The largest absolute Gasteiger partial charge is 0.389 e. The molecule has 2 heteroatoms. The molecule has 17 heavy (non-hydrogen) atoms. The molecular weight excluding hydrogens is 228 g/mol. The number of hydrogen-bond donors (Lipinski definition) is 1. The number of rotatable bonds is 3. The average molecular weight is 248 g/mol. The Kier molecular flexibility index (Phi) is 2.57. The number of benzene rings is 1. The predicted molar refractivity (Wildman–Crippen MR) is 72.2 cm³/mol. The lowest BCUT2D eigenvalue weighted by Gasteiger charge is -2.53. The molecule has 1 aromatic rings. The van der Waals surface area contributed by atoms with Crippen molar-refractivity contribution in [3.8, 4) is 0 Å². The predicted octanol–water partition coefficient (Wildman–Crippen LogP) is 3.72. The van der Waals surface area contributed by atoms with E-state index in [1.165, 1.54) is 17.7 Å². The topological polar surface area (TPSA) is 20.2 Å². The molecule has 3 rings (SSSR count). The summed E-state index contributed by atoms with van der Waals surface area (Å²) >= 11 is 1.93. The van der Waals surface area contributed by atoms with Crippen LogP contribution < -0.4 is 0 Å². The van der Waals surface area contributed by atoms with Gasteiger partial charge in [0.05, 0.1) is 5.60 Å². The zero-order valence-electron chi connectivity index (χ0n) is 10.5. The van der Waals surface area contributed by atoms with Gasteiger partial charge >= 0.3 is 0 Å². The molecule has 1 aromatic carbocycles. The molecule has 0 amide bonds. The van der Waals surface area contributed by atoms with E-state index >= 15 is 0 Å². The maximum Gasteiger partial charge on any atom is 0.0737 e. The fourth-order valence-corrected chi connectivity index (χ4v) is 4.40. The summed E-state index contributed by atoms with van der Waals surface area (Å²) in [6.45, 7) is 4.41. The summed E-state index contributed by atoms with van der Waals surface area (Å²) in [5, 5.41) is 11.3. The van der Waals surface area contributed by atoms with Crippen molar-refractivity contribution in [2.45, 2.75) is 48.9 Å². The Morgan fingerprint density at radius 2 is 1.88 bits per heavy atom. The van der Waals surface area contributed by atoms with Gasteiger partial charge in [0.25, 0.3) is 0 Å². The number of aliphatic hydroxyl groups is 1. The van der Waals surface area contributed by atoms with Gasteiger partial charge in [-0.25, -0.2) is 0 Å². The number of hydrogen-bond acceptors (Lipinski definition) is 2. The molecule has 3 unspecified atom stereocenters. The summed E-state index contributed by atoms with van der Waals surface area (Å²) < 4.78 is 0. The molecule has 92 valence electrons. The highest BCUT2D eigenvalue weighted by molar-refractivity contribution is 8.00. The highest BCUT2D eigenvalue weighted by Crippen LogP contribution is 2.63. The molecule has 2 saturated carbocycles. The van der Waals surface area contributed by atoms with Crippen LogP contribution in [-0.2, 0) is 0 Å². The Labute approximate surface area is 108 Å². The molecule has 1 N–H and O–H groups in total. The summed E-state index contributed by atoms with van der Waals surface area (Å²) in [6.07, 6.45) is 3.35. The van der Waals surface area contributed by atoms with Crippen molar-refractivity contribution in [3.05, 3.63) is 30.3 Å². The first-order valence-electron chi connectivity index (χ1n) is 6.47. The molecule has 0 aromatic heterocycles. The Bertz CT molecular complexity index is 414. The van der Waals surface area contributed by atoms with Gasteiger partial charge in [-0.05, 0) is 36.8 Å². The van der Waals surface area contributed by atoms with E-state index in [-0.39, 0.29) is 11.0 Å². The minimum absolute atomic E-state index is 0.129. The maximum absolute atomic E-state index is 10.7. The van der Waals surface area contributed by atoms with Crippen LogP contribution in [0.3, 0.4) is 0 Å². The monoisotopic (exact) mass is 248 g/mol. The summed E-state index contributed by atoms with van der Waals surface area (Å²) in [7, 11) is 0. The SMILES string of the molecule is CC1(C)CCC1(O)C1CC1Sc1ccccc1. The Morgan fingerprint density at radius 3 is 2.41 bits per heavy atom. The van der Waals surface area contributed by atoms with Crippen LogP contribution in [0.25, 0.3) is 0 Å². The zero-order valence-corrected chi connectivity index (χ0v) is 11.3. The van der Waals surface area contributed by atoms with Crippen LogP contribution in [0.4, 0.5) is 0 Å². The van der Waals surface area contributed by atoms with Crippen LogP contribution >= 0.6 is 11.8 Å². The van der Waals surface area contributed by atoms with E-state index in [2.05, 4.69) is 44.2 Å². The van der Waals surface area contributed by atoms with E-state index in [1.54, 1.807) is 0 Å². The molecule has 0 aliphatic heterocycles. The maximum atomic E-state index is 10.7. The van der Waals surface area contributed by atoms with E-state index in [0.29, 0.717) is 11.2 Å². The fourth-order valence-electron chi connectivity index (χ4n) is 3.05. The van der Waals surface area contributed by atoms with Crippen LogP contribution in [0.5, 0.6) is 0 Å². The van der Waals surface area contributed by atoms with Gasteiger partial charge in [-0.3, -0.25) is 0 Å². The first kappa shape index (κ1) is 11.6. The molecule has 0 heterocycles. The van der Waals surface area contributed by atoms with Crippen molar-refractivity contribution >= 4 is 11.8 Å². The molecular formula is C15H20OS. The standard InChI is InChI=1S/C15H20OS/c1-14(2)8-9-15(14,16)12-10-13(12)17-11-6-4-3-5-7-11/h3-7,12-13,16H,8-10H2,1-2H3. The van der Waals surface area contributed by atoms with E-state index in [9.17, 15) is 5.11 Å². The number of thioether (sulfide) groups is 1. The lowest BCUT2D eigenvalue weighted by molar-refractivity contribution is -0.162. The van der Waals surface area contributed by atoms with Crippen LogP contribution in [0, 0.1) is 11.3 Å². The van der Waals surface area contributed by atoms with Crippen LogP contribution in [0.1, 0.15) is 33.1 Å². The van der Waals surface area contributed by atoms with Gasteiger partial charge in [-0.15, -0.1) is 11.8 Å². The van der Waals surface area contributed by atoms with Crippen molar-refractivity contribution in [3.63, 3.8) is 0 Å². The molecule has 0 saturated heterocycles. The average Bonchev–Trinajstić information content (AvgIpc) is 3.07. The normalized spacial score (nSPS) is 38.5. The minimum atomic E-state index is -0.389. The summed E-state index contributed by atoms with van der Waals surface area (Å²) in [4.78, 5) is 1.33. The van der Waals surface area contributed by atoms with Gasteiger partial charge in [0.2, 0.25) is 0 Å². The second-order valence-corrected chi connectivity index (χ2v) is 7.43. The van der Waals surface area contributed by atoms with Crippen LogP contribution in [-0.4, -0.2) is 16.0 Å². The van der Waals surface area contributed by atoms with E-state index in [0.717, 1.165) is 6.42 Å². The molecule has 0 bridgehead atoms. The van der Waals surface area contributed by atoms with E-state index in [4.69, 9.17) is 0 Å². The van der Waals surface area contributed by atoms with Crippen molar-refractivity contribution in [2.24, 2.45) is 11.3 Å². The van der Waals surface area contributed by atoms with Crippen molar-refractivity contribution < 1.29 is 5.11 Å². The fraction of sp³-hybridized carbons (Fsp3) is 0.600. The molecule has 0 radical (unpaired) electrons. The molecule has 2 aliphatic rings. The lowest BCUT2D eigenvalue weighted by atomic mass is 9.57. The first-order chi connectivity index (χ1) is 8.03. The van der Waals surface area contributed by atoms with Gasteiger partial charge in [-0.1, -0.05) is 32.0 Å². The molecule has 0 spiro atoms.